The van der Waals surface area contributed by atoms with Crippen LogP contribution in [0.4, 0.5) is 10.8 Å². The largest absolute Gasteiger partial charge is 0.493 e. The van der Waals surface area contributed by atoms with Gasteiger partial charge in [-0.2, -0.15) is 0 Å². The number of thiazole rings is 1. The summed E-state index contributed by atoms with van der Waals surface area (Å²) in [5.41, 5.74) is 3.53. The Morgan fingerprint density at radius 2 is 1.54 bits per heavy atom. The highest BCUT2D eigenvalue weighted by Crippen LogP contribution is 2.38. The molecule has 1 heterocycles. The van der Waals surface area contributed by atoms with Gasteiger partial charge in [0, 0.05) is 37.1 Å². The Kier molecular flexibility index (Phi) is 12.7. The van der Waals surface area contributed by atoms with Crippen LogP contribution >= 0.6 is 46.3 Å². The van der Waals surface area contributed by atoms with Crippen LogP contribution in [0.1, 0.15) is 26.7 Å². The van der Waals surface area contributed by atoms with E-state index in [0.717, 1.165) is 11.1 Å². The molecule has 272 valence electrons. The van der Waals surface area contributed by atoms with Gasteiger partial charge in [0.15, 0.2) is 16.6 Å². The molecule has 0 aliphatic rings. The quantitative estimate of drug-likeness (QED) is 0.0787. The molecule has 0 fully saturated rings. The highest BCUT2D eigenvalue weighted by atomic mass is 35.5. The topological polar surface area (TPSA) is 119 Å². The van der Waals surface area contributed by atoms with E-state index in [2.05, 4.69) is 20.9 Å². The van der Waals surface area contributed by atoms with E-state index < -0.39 is 17.1 Å². The first-order valence-corrected chi connectivity index (χ1v) is 18.9. The van der Waals surface area contributed by atoms with Gasteiger partial charge in [0.1, 0.15) is 10.9 Å². The van der Waals surface area contributed by atoms with Crippen LogP contribution in [0.2, 0.25) is 10.0 Å². The van der Waals surface area contributed by atoms with E-state index in [9.17, 15) is 14.4 Å². The Bertz CT molecular complexity index is 2320. The SMILES string of the molecule is COc1ccc(-c2csc(NC(=O)C(Sc3cccc(NC(=O)/C(=C\c4ccc(Cl)cc4Cl)NC(=O)c4ccccc4)c3)c3ccccc3)n2)cc1OC. The number of methoxy groups -OCH3 is 2. The van der Waals surface area contributed by atoms with Crippen molar-refractivity contribution in [2.75, 3.05) is 24.9 Å². The second-order valence-electron chi connectivity index (χ2n) is 11.5. The molecule has 0 aliphatic heterocycles. The zero-order valence-corrected chi connectivity index (χ0v) is 32.0. The van der Waals surface area contributed by atoms with Gasteiger partial charge in [-0.25, -0.2) is 4.98 Å². The first-order valence-electron chi connectivity index (χ1n) is 16.4. The van der Waals surface area contributed by atoms with Crippen molar-refractivity contribution in [1.29, 1.82) is 0 Å². The van der Waals surface area contributed by atoms with E-state index in [0.29, 0.717) is 54.1 Å². The Balaban J connectivity index is 1.21. The van der Waals surface area contributed by atoms with Gasteiger partial charge in [-0.15, -0.1) is 23.1 Å². The van der Waals surface area contributed by atoms with E-state index >= 15 is 0 Å². The normalized spacial score (nSPS) is 11.7. The number of aromatic nitrogens is 1. The van der Waals surface area contributed by atoms with Crippen LogP contribution in [0.3, 0.4) is 0 Å². The molecule has 0 spiro atoms. The van der Waals surface area contributed by atoms with Gasteiger partial charge in [-0.05, 0) is 77.9 Å². The van der Waals surface area contributed by atoms with Gasteiger partial charge < -0.3 is 25.4 Å². The number of hydrogen-bond acceptors (Lipinski definition) is 8. The Hall–Kier alpha value is -5.59. The molecule has 13 heteroatoms. The summed E-state index contributed by atoms with van der Waals surface area (Å²) in [6.07, 6.45) is 1.48. The van der Waals surface area contributed by atoms with E-state index in [1.807, 2.05) is 53.9 Å². The minimum atomic E-state index is -0.668. The molecule has 54 heavy (non-hydrogen) atoms. The lowest BCUT2D eigenvalue weighted by atomic mass is 10.1. The van der Waals surface area contributed by atoms with Gasteiger partial charge in [0.2, 0.25) is 5.91 Å². The summed E-state index contributed by atoms with van der Waals surface area (Å²) in [4.78, 5) is 46.1. The third-order valence-electron chi connectivity index (χ3n) is 7.89. The Morgan fingerprint density at radius 1 is 0.796 bits per heavy atom. The molecule has 3 amide bonds. The van der Waals surface area contributed by atoms with Crippen LogP contribution in [-0.2, 0) is 9.59 Å². The third kappa shape index (κ3) is 9.68. The third-order valence-corrected chi connectivity index (χ3v) is 10.5. The number of benzene rings is 5. The zero-order valence-electron chi connectivity index (χ0n) is 28.8. The van der Waals surface area contributed by atoms with Crippen LogP contribution in [0.25, 0.3) is 17.3 Å². The molecule has 1 atom stereocenters. The summed E-state index contributed by atoms with van der Waals surface area (Å²) in [6, 6.07) is 35.4. The summed E-state index contributed by atoms with van der Waals surface area (Å²) < 4.78 is 10.8. The molecule has 0 aliphatic carbocycles. The van der Waals surface area contributed by atoms with Crippen LogP contribution in [-0.4, -0.2) is 36.9 Å². The summed E-state index contributed by atoms with van der Waals surface area (Å²) in [7, 11) is 3.14. The maximum absolute atomic E-state index is 13.9. The summed E-state index contributed by atoms with van der Waals surface area (Å²) in [5, 5.41) is 10.9. The highest BCUT2D eigenvalue weighted by molar-refractivity contribution is 8.00. The van der Waals surface area contributed by atoms with Crippen molar-refractivity contribution < 1.29 is 23.9 Å². The van der Waals surface area contributed by atoms with Crippen molar-refractivity contribution >= 4 is 80.9 Å². The number of ether oxygens (including phenoxy) is 2. The van der Waals surface area contributed by atoms with E-state index in [4.69, 9.17) is 32.7 Å². The molecule has 3 N–H and O–H groups in total. The molecular weight excluding hydrogens is 764 g/mol. The van der Waals surface area contributed by atoms with Crippen molar-refractivity contribution in [3.8, 4) is 22.8 Å². The average molecular weight is 796 g/mol. The van der Waals surface area contributed by atoms with Crippen LogP contribution in [0.15, 0.2) is 137 Å². The van der Waals surface area contributed by atoms with Crippen molar-refractivity contribution in [3.63, 3.8) is 0 Å². The predicted octanol–water partition coefficient (Wildman–Crippen LogP) is 10.0. The van der Waals surface area contributed by atoms with E-state index in [-0.39, 0.29) is 11.6 Å². The van der Waals surface area contributed by atoms with Crippen molar-refractivity contribution in [3.05, 3.63) is 159 Å². The van der Waals surface area contributed by atoms with Crippen molar-refractivity contribution in [2.45, 2.75) is 10.1 Å². The summed E-state index contributed by atoms with van der Waals surface area (Å²) >= 11 is 15.1. The number of anilines is 2. The fraction of sp³-hybridized carbons (Fsp3) is 0.0732. The smallest absolute Gasteiger partial charge is 0.272 e. The monoisotopic (exact) mass is 794 g/mol. The minimum absolute atomic E-state index is 0.0384. The number of nitrogens with one attached hydrogen (secondary N) is 3. The number of amides is 3. The lowest BCUT2D eigenvalue weighted by Crippen LogP contribution is -2.30. The minimum Gasteiger partial charge on any atom is -0.493 e. The Morgan fingerprint density at radius 3 is 2.26 bits per heavy atom. The van der Waals surface area contributed by atoms with Crippen LogP contribution in [0, 0.1) is 0 Å². The molecule has 5 aromatic carbocycles. The number of carbonyl (C=O) groups excluding carboxylic acids is 3. The molecular formula is C41H32Cl2N4O5S2. The van der Waals surface area contributed by atoms with Crippen LogP contribution in [0.5, 0.6) is 11.5 Å². The lowest BCUT2D eigenvalue weighted by Gasteiger charge is -2.17. The van der Waals surface area contributed by atoms with Gasteiger partial charge in [-0.3, -0.25) is 14.4 Å². The summed E-state index contributed by atoms with van der Waals surface area (Å²) in [5.74, 6) is -0.158. The second kappa shape index (κ2) is 18.0. The van der Waals surface area contributed by atoms with Gasteiger partial charge in [-0.1, -0.05) is 83.9 Å². The Labute approximate surface area is 330 Å². The molecule has 0 saturated carbocycles. The molecule has 0 radical (unpaired) electrons. The van der Waals surface area contributed by atoms with E-state index in [1.54, 1.807) is 87.0 Å². The average Bonchev–Trinajstić information content (AvgIpc) is 3.66. The lowest BCUT2D eigenvalue weighted by molar-refractivity contribution is -0.116. The molecule has 1 unspecified atom stereocenters. The second-order valence-corrected chi connectivity index (χ2v) is 14.4. The van der Waals surface area contributed by atoms with Crippen LogP contribution < -0.4 is 25.4 Å². The first-order chi connectivity index (χ1) is 26.2. The zero-order chi connectivity index (χ0) is 38.0. The highest BCUT2D eigenvalue weighted by Gasteiger charge is 2.24. The molecule has 6 rings (SSSR count). The summed E-state index contributed by atoms with van der Waals surface area (Å²) in [6.45, 7) is 0. The van der Waals surface area contributed by atoms with Crippen molar-refractivity contribution in [2.24, 2.45) is 0 Å². The number of thioether (sulfide) groups is 1. The van der Waals surface area contributed by atoms with Gasteiger partial charge in [0.05, 0.1) is 19.9 Å². The molecule has 0 saturated heterocycles. The number of halogens is 2. The van der Waals surface area contributed by atoms with E-state index in [1.165, 1.54) is 29.2 Å². The van der Waals surface area contributed by atoms with Crippen molar-refractivity contribution in [1.82, 2.24) is 10.3 Å². The number of rotatable bonds is 13. The number of carbonyl (C=O) groups is 3. The predicted molar refractivity (Wildman–Crippen MR) is 218 cm³/mol. The maximum Gasteiger partial charge on any atom is 0.272 e. The fourth-order valence-corrected chi connectivity index (χ4v) is 7.50. The fourth-order valence-electron chi connectivity index (χ4n) is 5.23. The standard InChI is InChI=1S/C41H32Cl2N4O5S2/c1-51-35-19-17-28(21-36(35)52-2)34-24-53-41(46-34)47-40(50)37(25-10-5-3-6-11-25)54-31-15-9-14-30(23-31)44-39(49)33(20-27-16-18-29(42)22-32(27)43)45-38(48)26-12-7-4-8-13-26/h3-24,37H,1-2H3,(H,44,49)(H,45,48)(H,46,47,50)/b33-20+. The molecule has 0 bridgehead atoms. The maximum atomic E-state index is 13.9. The molecule has 1 aromatic heterocycles. The first kappa shape index (κ1) is 38.1. The van der Waals surface area contributed by atoms with Gasteiger partial charge >= 0.3 is 0 Å². The molecule has 9 nitrogen and oxygen atoms in total. The number of nitrogens with zero attached hydrogens (tertiary/aromatic N) is 1. The molecule has 6 aromatic rings. The number of hydrogen-bond donors (Lipinski definition) is 3. The van der Waals surface area contributed by atoms with Gasteiger partial charge in [0.25, 0.3) is 11.8 Å².